The van der Waals surface area contributed by atoms with Crippen molar-refractivity contribution in [1.29, 1.82) is 0 Å². The zero-order valence-electron chi connectivity index (χ0n) is 10.2. The van der Waals surface area contributed by atoms with Gasteiger partial charge in [0.25, 0.3) is 0 Å². The first-order valence-electron chi connectivity index (χ1n) is 5.63. The fourth-order valence-corrected chi connectivity index (χ4v) is 2.17. The zero-order valence-corrected chi connectivity index (χ0v) is 12.5. The van der Waals surface area contributed by atoms with Crippen LogP contribution in [0.3, 0.4) is 0 Å². The second-order valence-corrected chi connectivity index (χ2v) is 5.44. The number of esters is 1. The molecule has 0 aliphatic carbocycles. The number of anilines is 1. The van der Waals surface area contributed by atoms with Crippen molar-refractivity contribution in [2.45, 2.75) is 6.61 Å². The third-order valence-corrected chi connectivity index (χ3v) is 3.24. The topological polar surface area (TPSA) is 52.3 Å². The molecule has 2 N–H and O–H groups in total. The SMILES string of the molecule is Nc1cc(Cl)cc(C(=O)OCc2ccc(Br)cc2F)c1. The first kappa shape index (κ1) is 14.8. The summed E-state index contributed by atoms with van der Waals surface area (Å²) >= 11 is 8.95. The molecule has 2 aromatic carbocycles. The molecule has 104 valence electrons. The van der Waals surface area contributed by atoms with Crippen LogP contribution in [0.1, 0.15) is 15.9 Å². The van der Waals surface area contributed by atoms with Gasteiger partial charge in [-0.25, -0.2) is 9.18 Å². The van der Waals surface area contributed by atoms with Gasteiger partial charge in [-0.1, -0.05) is 33.6 Å². The molecule has 0 saturated carbocycles. The Kier molecular flexibility index (Phi) is 4.62. The molecular weight excluding hydrogens is 349 g/mol. The van der Waals surface area contributed by atoms with E-state index in [1.54, 1.807) is 12.1 Å². The molecule has 0 unspecified atom stereocenters. The van der Waals surface area contributed by atoms with Crippen molar-refractivity contribution >= 4 is 39.2 Å². The van der Waals surface area contributed by atoms with Crippen LogP contribution in [0.4, 0.5) is 10.1 Å². The lowest BCUT2D eigenvalue weighted by molar-refractivity contribution is 0.0469. The van der Waals surface area contributed by atoms with Crippen molar-refractivity contribution in [3.8, 4) is 0 Å². The lowest BCUT2D eigenvalue weighted by Crippen LogP contribution is -2.07. The summed E-state index contributed by atoms with van der Waals surface area (Å²) in [4.78, 5) is 11.8. The molecule has 20 heavy (non-hydrogen) atoms. The first-order valence-corrected chi connectivity index (χ1v) is 6.80. The van der Waals surface area contributed by atoms with Gasteiger partial charge in [0.2, 0.25) is 0 Å². The average Bonchev–Trinajstić information content (AvgIpc) is 2.36. The van der Waals surface area contributed by atoms with Gasteiger partial charge in [0.15, 0.2) is 0 Å². The molecule has 0 aliphatic rings. The summed E-state index contributed by atoms with van der Waals surface area (Å²) < 4.78 is 19.2. The Morgan fingerprint density at radius 2 is 2.05 bits per heavy atom. The first-order chi connectivity index (χ1) is 9.45. The molecule has 0 spiro atoms. The summed E-state index contributed by atoms with van der Waals surface area (Å²) in [7, 11) is 0. The summed E-state index contributed by atoms with van der Waals surface area (Å²) in [5.41, 5.74) is 6.47. The third-order valence-electron chi connectivity index (χ3n) is 2.53. The number of hydrogen-bond donors (Lipinski definition) is 1. The Bertz CT molecular complexity index is 643. The normalized spacial score (nSPS) is 10.3. The third kappa shape index (κ3) is 3.71. The van der Waals surface area contributed by atoms with Crippen molar-refractivity contribution in [1.82, 2.24) is 0 Å². The smallest absolute Gasteiger partial charge is 0.338 e. The summed E-state index contributed by atoms with van der Waals surface area (Å²) in [6.45, 7) is -0.162. The molecule has 0 bridgehead atoms. The molecule has 0 radical (unpaired) electrons. The maximum absolute atomic E-state index is 13.6. The Labute approximate surface area is 128 Å². The predicted octanol–water partition coefficient (Wildman–Crippen LogP) is 4.18. The van der Waals surface area contributed by atoms with Gasteiger partial charge in [-0.2, -0.15) is 0 Å². The Morgan fingerprint density at radius 3 is 2.70 bits per heavy atom. The number of nitrogen functional groups attached to an aromatic ring is 1. The average molecular weight is 359 g/mol. The summed E-state index contributed by atoms with van der Waals surface area (Å²) in [5.74, 6) is -1.06. The van der Waals surface area contributed by atoms with Crippen LogP contribution >= 0.6 is 27.5 Å². The van der Waals surface area contributed by atoms with Crippen molar-refractivity contribution in [3.63, 3.8) is 0 Å². The Morgan fingerprint density at radius 1 is 1.30 bits per heavy atom. The molecule has 0 aliphatic heterocycles. The van der Waals surface area contributed by atoms with Crippen LogP contribution in [-0.4, -0.2) is 5.97 Å². The lowest BCUT2D eigenvalue weighted by atomic mass is 10.2. The van der Waals surface area contributed by atoms with E-state index in [0.717, 1.165) is 0 Å². The van der Waals surface area contributed by atoms with Crippen molar-refractivity contribution in [2.24, 2.45) is 0 Å². The molecule has 6 heteroatoms. The molecule has 0 heterocycles. The van der Waals surface area contributed by atoms with Crippen LogP contribution in [0, 0.1) is 5.82 Å². The van der Waals surface area contributed by atoms with Crippen molar-refractivity contribution in [2.75, 3.05) is 5.73 Å². The highest BCUT2D eigenvalue weighted by molar-refractivity contribution is 9.10. The molecule has 0 saturated heterocycles. The fraction of sp³-hybridized carbons (Fsp3) is 0.0714. The molecule has 3 nitrogen and oxygen atoms in total. The number of carbonyl (C=O) groups is 1. The van der Waals surface area contributed by atoms with E-state index in [0.29, 0.717) is 15.2 Å². The van der Waals surface area contributed by atoms with E-state index >= 15 is 0 Å². The highest BCUT2D eigenvalue weighted by Crippen LogP contribution is 2.19. The Balaban J connectivity index is 2.08. The van der Waals surface area contributed by atoms with Crippen LogP contribution in [-0.2, 0) is 11.3 Å². The van der Waals surface area contributed by atoms with Crippen LogP contribution < -0.4 is 5.73 Å². The van der Waals surface area contributed by atoms with Gasteiger partial charge < -0.3 is 10.5 Å². The quantitative estimate of drug-likeness (QED) is 0.661. The second-order valence-electron chi connectivity index (χ2n) is 4.09. The minimum absolute atomic E-state index is 0.162. The van der Waals surface area contributed by atoms with Crippen LogP contribution in [0.15, 0.2) is 40.9 Å². The number of rotatable bonds is 3. The minimum Gasteiger partial charge on any atom is -0.457 e. The van der Waals surface area contributed by atoms with E-state index in [4.69, 9.17) is 22.1 Å². The van der Waals surface area contributed by atoms with Gasteiger partial charge >= 0.3 is 5.97 Å². The molecule has 0 amide bonds. The minimum atomic E-state index is -0.610. The Hall–Kier alpha value is -1.59. The molecular formula is C14H10BrClFNO2. The molecule has 0 atom stereocenters. The van der Waals surface area contributed by atoms with Crippen LogP contribution in [0.2, 0.25) is 5.02 Å². The molecule has 0 aromatic heterocycles. The van der Waals surface area contributed by atoms with E-state index < -0.39 is 11.8 Å². The number of ether oxygens (including phenoxy) is 1. The standard InChI is InChI=1S/C14H10BrClFNO2/c15-10-2-1-8(13(17)5-10)7-20-14(19)9-3-11(16)6-12(18)4-9/h1-6H,7,18H2. The van der Waals surface area contributed by atoms with E-state index in [-0.39, 0.29) is 17.7 Å². The highest BCUT2D eigenvalue weighted by atomic mass is 79.9. The van der Waals surface area contributed by atoms with E-state index in [9.17, 15) is 9.18 Å². The maximum atomic E-state index is 13.6. The van der Waals surface area contributed by atoms with E-state index in [1.807, 2.05) is 0 Å². The molecule has 0 fully saturated rings. The van der Waals surface area contributed by atoms with Gasteiger partial charge in [-0.05, 0) is 30.3 Å². The van der Waals surface area contributed by atoms with Crippen LogP contribution in [0.25, 0.3) is 0 Å². The highest BCUT2D eigenvalue weighted by Gasteiger charge is 2.11. The summed E-state index contributed by atoms with van der Waals surface area (Å²) in [6.07, 6.45) is 0. The van der Waals surface area contributed by atoms with Gasteiger partial charge in [-0.15, -0.1) is 0 Å². The van der Waals surface area contributed by atoms with Gasteiger partial charge in [0.1, 0.15) is 12.4 Å². The summed E-state index contributed by atoms with van der Waals surface area (Å²) in [5, 5.41) is 0.340. The number of halogens is 3. The second kappa shape index (κ2) is 6.24. The zero-order chi connectivity index (χ0) is 14.7. The number of benzene rings is 2. The van der Waals surface area contributed by atoms with Gasteiger partial charge in [-0.3, -0.25) is 0 Å². The lowest BCUT2D eigenvalue weighted by Gasteiger charge is -2.07. The van der Waals surface area contributed by atoms with Gasteiger partial charge in [0.05, 0.1) is 5.56 Å². The largest absolute Gasteiger partial charge is 0.457 e. The summed E-state index contributed by atoms with van der Waals surface area (Å²) in [6, 6.07) is 8.93. The molecule has 2 rings (SSSR count). The van der Waals surface area contributed by atoms with E-state index in [1.165, 1.54) is 24.3 Å². The monoisotopic (exact) mass is 357 g/mol. The van der Waals surface area contributed by atoms with Crippen molar-refractivity contribution < 1.29 is 13.9 Å². The number of carbonyl (C=O) groups excluding carboxylic acids is 1. The number of nitrogens with two attached hydrogens (primary N) is 1. The van der Waals surface area contributed by atoms with Crippen molar-refractivity contribution in [3.05, 3.63) is 62.8 Å². The predicted molar refractivity (Wildman–Crippen MR) is 79.1 cm³/mol. The maximum Gasteiger partial charge on any atom is 0.338 e. The fourth-order valence-electron chi connectivity index (χ4n) is 1.60. The molecule has 2 aromatic rings. The number of hydrogen-bond acceptors (Lipinski definition) is 3. The van der Waals surface area contributed by atoms with E-state index in [2.05, 4.69) is 15.9 Å². The van der Waals surface area contributed by atoms with Crippen LogP contribution in [0.5, 0.6) is 0 Å². The van der Waals surface area contributed by atoms with Gasteiger partial charge in [0, 0.05) is 20.7 Å².